The number of amides is 1. The minimum Gasteiger partial charge on any atom is -0.467 e. The number of rotatable bonds is 7. The zero-order chi connectivity index (χ0) is 18.0. The first-order valence-electron chi connectivity index (χ1n) is 8.30. The van der Waals surface area contributed by atoms with Crippen LogP contribution in [0.3, 0.4) is 0 Å². The quantitative estimate of drug-likeness (QED) is 0.525. The van der Waals surface area contributed by atoms with Gasteiger partial charge in [0.05, 0.1) is 12.8 Å². The molecule has 0 radical (unpaired) electrons. The summed E-state index contributed by atoms with van der Waals surface area (Å²) in [5.74, 6) is 1.48. The van der Waals surface area contributed by atoms with Gasteiger partial charge in [-0.15, -0.1) is 0 Å². The van der Waals surface area contributed by atoms with E-state index in [9.17, 15) is 4.79 Å². The van der Waals surface area contributed by atoms with Crippen molar-refractivity contribution in [2.75, 3.05) is 13.6 Å². The Morgan fingerprint density at radius 3 is 2.67 bits per heavy atom. The second-order valence-corrected chi connectivity index (χ2v) is 6.52. The van der Waals surface area contributed by atoms with Crippen LogP contribution in [0.25, 0.3) is 0 Å². The van der Waals surface area contributed by atoms with Gasteiger partial charge in [0.15, 0.2) is 5.96 Å². The molecule has 7 heteroatoms. The van der Waals surface area contributed by atoms with Crippen LogP contribution in [-0.4, -0.2) is 37.3 Å². The lowest BCUT2D eigenvalue weighted by Gasteiger charge is -2.24. The van der Waals surface area contributed by atoms with E-state index in [4.69, 9.17) is 9.15 Å². The molecule has 0 spiro atoms. The van der Waals surface area contributed by atoms with Crippen molar-refractivity contribution < 1.29 is 13.9 Å². The molecule has 0 fully saturated rings. The van der Waals surface area contributed by atoms with E-state index in [-0.39, 0.29) is 6.04 Å². The molecule has 1 aromatic heterocycles. The fourth-order valence-corrected chi connectivity index (χ4v) is 2.07. The number of guanidine groups is 1. The lowest BCUT2D eigenvalue weighted by atomic mass is 10.1. The number of hydrogen-bond donors (Lipinski definition) is 3. The van der Waals surface area contributed by atoms with E-state index in [2.05, 4.69) is 27.9 Å². The van der Waals surface area contributed by atoms with E-state index >= 15 is 0 Å². The van der Waals surface area contributed by atoms with Gasteiger partial charge in [-0.25, -0.2) is 4.79 Å². The molecule has 1 heterocycles. The van der Waals surface area contributed by atoms with Gasteiger partial charge in [-0.2, -0.15) is 0 Å². The molecule has 1 unspecified atom stereocenters. The topological polar surface area (TPSA) is 87.9 Å². The van der Waals surface area contributed by atoms with Gasteiger partial charge in [0, 0.05) is 19.6 Å². The number of carbonyl (C=O) groups is 1. The molecule has 0 aliphatic carbocycles. The van der Waals surface area contributed by atoms with Crippen LogP contribution in [-0.2, 0) is 11.3 Å². The average Bonchev–Trinajstić information content (AvgIpc) is 2.98. The normalized spacial score (nSPS) is 13.3. The number of nitrogens with zero attached hydrogens (tertiary/aromatic N) is 1. The highest BCUT2D eigenvalue weighted by molar-refractivity contribution is 5.79. The molecule has 1 aromatic rings. The van der Waals surface area contributed by atoms with Gasteiger partial charge in [-0.1, -0.05) is 13.3 Å². The molecular formula is C17H30N4O3. The Labute approximate surface area is 144 Å². The highest BCUT2D eigenvalue weighted by Crippen LogP contribution is 2.07. The summed E-state index contributed by atoms with van der Waals surface area (Å²) in [7, 11) is 1.70. The van der Waals surface area contributed by atoms with Crippen molar-refractivity contribution in [3.05, 3.63) is 24.2 Å². The van der Waals surface area contributed by atoms with E-state index in [0.29, 0.717) is 19.0 Å². The first kappa shape index (κ1) is 19.9. The van der Waals surface area contributed by atoms with Crippen LogP contribution >= 0.6 is 0 Å². The van der Waals surface area contributed by atoms with Gasteiger partial charge >= 0.3 is 6.09 Å². The molecule has 1 rings (SSSR count). The van der Waals surface area contributed by atoms with Crippen LogP contribution in [0.15, 0.2) is 27.8 Å². The van der Waals surface area contributed by atoms with Gasteiger partial charge in [0.2, 0.25) is 0 Å². The summed E-state index contributed by atoms with van der Waals surface area (Å²) < 4.78 is 10.6. The van der Waals surface area contributed by atoms with Crippen molar-refractivity contribution in [2.24, 2.45) is 4.99 Å². The Kier molecular flexibility index (Phi) is 8.15. The summed E-state index contributed by atoms with van der Waals surface area (Å²) in [6.45, 7) is 8.73. The summed E-state index contributed by atoms with van der Waals surface area (Å²) in [6.07, 6.45) is 3.04. The molecule has 0 aliphatic heterocycles. The maximum absolute atomic E-state index is 11.9. The van der Waals surface area contributed by atoms with Crippen LogP contribution in [0.4, 0.5) is 4.79 Å². The summed E-state index contributed by atoms with van der Waals surface area (Å²) in [6, 6.07) is 3.70. The fourth-order valence-electron chi connectivity index (χ4n) is 2.07. The van der Waals surface area contributed by atoms with E-state index < -0.39 is 11.7 Å². The summed E-state index contributed by atoms with van der Waals surface area (Å²) in [5.41, 5.74) is -0.505. The third-order valence-electron chi connectivity index (χ3n) is 3.11. The van der Waals surface area contributed by atoms with Crippen molar-refractivity contribution in [3.63, 3.8) is 0 Å². The Hall–Kier alpha value is -2.18. The van der Waals surface area contributed by atoms with Gasteiger partial charge < -0.3 is 25.1 Å². The van der Waals surface area contributed by atoms with E-state index in [1.807, 2.05) is 32.9 Å². The highest BCUT2D eigenvalue weighted by atomic mass is 16.6. The predicted molar refractivity (Wildman–Crippen MR) is 95.0 cm³/mol. The predicted octanol–water partition coefficient (Wildman–Crippen LogP) is 2.64. The monoisotopic (exact) mass is 338 g/mol. The van der Waals surface area contributed by atoms with E-state index in [1.54, 1.807) is 13.3 Å². The largest absolute Gasteiger partial charge is 0.467 e. The fraction of sp³-hybridized carbons (Fsp3) is 0.647. The summed E-state index contributed by atoms with van der Waals surface area (Å²) >= 11 is 0. The number of aliphatic imine (C=N–C) groups is 1. The first-order valence-corrected chi connectivity index (χ1v) is 8.30. The second kappa shape index (κ2) is 9.85. The molecule has 1 amide bonds. The number of hydrogen-bond acceptors (Lipinski definition) is 4. The molecule has 0 saturated heterocycles. The SMILES string of the molecule is CCCC(CNC(=NC)NCc1ccco1)NC(=O)OC(C)(C)C. The first-order chi connectivity index (χ1) is 11.3. The molecule has 7 nitrogen and oxygen atoms in total. The Morgan fingerprint density at radius 2 is 2.12 bits per heavy atom. The summed E-state index contributed by atoms with van der Waals surface area (Å²) in [4.78, 5) is 16.1. The van der Waals surface area contributed by atoms with Crippen molar-refractivity contribution in [1.82, 2.24) is 16.0 Å². The molecule has 0 bridgehead atoms. The lowest BCUT2D eigenvalue weighted by molar-refractivity contribution is 0.0502. The number of alkyl carbamates (subject to hydrolysis) is 1. The van der Waals surface area contributed by atoms with Crippen molar-refractivity contribution in [1.29, 1.82) is 0 Å². The number of carbonyl (C=O) groups excluding carboxylic acids is 1. The van der Waals surface area contributed by atoms with Crippen molar-refractivity contribution >= 4 is 12.1 Å². The van der Waals surface area contributed by atoms with Crippen LogP contribution in [0.1, 0.15) is 46.3 Å². The third kappa shape index (κ3) is 8.45. The molecule has 136 valence electrons. The van der Waals surface area contributed by atoms with Gasteiger partial charge in [-0.3, -0.25) is 4.99 Å². The maximum atomic E-state index is 11.9. The Balaban J connectivity index is 2.44. The van der Waals surface area contributed by atoms with Crippen LogP contribution in [0.5, 0.6) is 0 Å². The zero-order valence-electron chi connectivity index (χ0n) is 15.3. The van der Waals surface area contributed by atoms with Crippen LogP contribution in [0, 0.1) is 0 Å². The second-order valence-electron chi connectivity index (χ2n) is 6.52. The molecule has 0 aliphatic rings. The van der Waals surface area contributed by atoms with Gasteiger partial charge in [-0.05, 0) is 39.3 Å². The minimum atomic E-state index is -0.505. The number of nitrogens with one attached hydrogen (secondary N) is 3. The van der Waals surface area contributed by atoms with E-state index in [0.717, 1.165) is 18.6 Å². The number of ether oxygens (including phenoxy) is 1. The molecule has 3 N–H and O–H groups in total. The Morgan fingerprint density at radius 1 is 1.38 bits per heavy atom. The lowest BCUT2D eigenvalue weighted by Crippen LogP contribution is -2.48. The van der Waals surface area contributed by atoms with Crippen LogP contribution < -0.4 is 16.0 Å². The average molecular weight is 338 g/mol. The summed E-state index contributed by atoms with van der Waals surface area (Å²) in [5, 5.41) is 9.27. The molecule has 0 saturated carbocycles. The van der Waals surface area contributed by atoms with Crippen LogP contribution in [0.2, 0.25) is 0 Å². The minimum absolute atomic E-state index is 0.0352. The highest BCUT2D eigenvalue weighted by Gasteiger charge is 2.19. The maximum Gasteiger partial charge on any atom is 0.407 e. The smallest absolute Gasteiger partial charge is 0.407 e. The van der Waals surface area contributed by atoms with Crippen molar-refractivity contribution in [3.8, 4) is 0 Å². The van der Waals surface area contributed by atoms with E-state index in [1.165, 1.54) is 0 Å². The number of furan rings is 1. The third-order valence-corrected chi connectivity index (χ3v) is 3.11. The zero-order valence-corrected chi connectivity index (χ0v) is 15.3. The Bertz CT molecular complexity index is 506. The molecule has 24 heavy (non-hydrogen) atoms. The van der Waals surface area contributed by atoms with Gasteiger partial charge in [0.1, 0.15) is 11.4 Å². The molecule has 1 atom stereocenters. The molecular weight excluding hydrogens is 308 g/mol. The molecule has 0 aromatic carbocycles. The van der Waals surface area contributed by atoms with Crippen molar-refractivity contribution in [2.45, 2.75) is 58.7 Å². The van der Waals surface area contributed by atoms with Gasteiger partial charge in [0.25, 0.3) is 0 Å². The standard InChI is InChI=1S/C17H30N4O3/c1-6-8-13(21-16(22)24-17(2,3)4)11-19-15(18-5)20-12-14-9-7-10-23-14/h7,9-10,13H,6,8,11-12H2,1-5H3,(H,21,22)(H2,18,19,20).